The Bertz CT molecular complexity index is 935. The molecule has 0 spiro atoms. The Morgan fingerprint density at radius 2 is 2.08 bits per heavy atom. The second kappa shape index (κ2) is 6.85. The van der Waals surface area contributed by atoms with E-state index in [0.717, 1.165) is 4.47 Å². The van der Waals surface area contributed by atoms with Crippen molar-refractivity contribution in [1.29, 1.82) is 0 Å². The average Bonchev–Trinajstić information content (AvgIpc) is 3.01. The molecule has 0 bridgehead atoms. The van der Waals surface area contributed by atoms with Gasteiger partial charge in [-0.05, 0) is 24.3 Å². The predicted molar refractivity (Wildman–Crippen MR) is 91.7 cm³/mol. The zero-order valence-electron chi connectivity index (χ0n) is 11.8. The van der Waals surface area contributed by atoms with Crippen LogP contribution in [0.1, 0.15) is 10.7 Å². The standard InChI is InChI=1S/C14H9BrClN5O3/c15-7-1-3-10(9(16)5-7)19-14-21-20-13(24-14)12(23)18-8-2-4-11(22)17-6-8/h1-6H,(H,17,22)(H,18,23)(H,19,21). The zero-order chi connectivity index (χ0) is 17.1. The fraction of sp³-hybridized carbons (Fsp3) is 0. The molecular weight excluding hydrogens is 402 g/mol. The van der Waals surface area contributed by atoms with Gasteiger partial charge in [0.15, 0.2) is 0 Å². The molecule has 2 aromatic heterocycles. The normalized spacial score (nSPS) is 10.4. The van der Waals surface area contributed by atoms with Gasteiger partial charge in [-0.3, -0.25) is 9.59 Å². The number of amides is 1. The molecule has 0 saturated heterocycles. The van der Waals surface area contributed by atoms with Crippen LogP contribution in [0.4, 0.5) is 17.4 Å². The Kier molecular flexibility index (Phi) is 4.63. The van der Waals surface area contributed by atoms with Gasteiger partial charge in [-0.15, -0.1) is 5.10 Å². The number of halogens is 2. The van der Waals surface area contributed by atoms with E-state index in [2.05, 4.69) is 41.7 Å². The fourth-order valence-corrected chi connectivity index (χ4v) is 2.47. The highest BCUT2D eigenvalue weighted by atomic mass is 79.9. The summed E-state index contributed by atoms with van der Waals surface area (Å²) >= 11 is 9.38. The van der Waals surface area contributed by atoms with Crippen molar-refractivity contribution >= 4 is 50.8 Å². The van der Waals surface area contributed by atoms with E-state index in [1.807, 2.05) is 0 Å². The van der Waals surface area contributed by atoms with Crippen molar-refractivity contribution in [2.45, 2.75) is 0 Å². The van der Waals surface area contributed by atoms with Crippen LogP contribution in [0.5, 0.6) is 0 Å². The van der Waals surface area contributed by atoms with E-state index in [0.29, 0.717) is 16.4 Å². The summed E-state index contributed by atoms with van der Waals surface area (Å²) < 4.78 is 6.07. The molecule has 3 rings (SSSR count). The van der Waals surface area contributed by atoms with Crippen molar-refractivity contribution in [1.82, 2.24) is 15.2 Å². The van der Waals surface area contributed by atoms with Crippen LogP contribution in [0.25, 0.3) is 0 Å². The maximum absolute atomic E-state index is 12.0. The Morgan fingerprint density at radius 1 is 1.25 bits per heavy atom. The number of hydrogen-bond donors (Lipinski definition) is 3. The molecule has 0 radical (unpaired) electrons. The van der Waals surface area contributed by atoms with Crippen molar-refractivity contribution in [3.8, 4) is 0 Å². The van der Waals surface area contributed by atoms with Gasteiger partial charge >= 0.3 is 17.8 Å². The van der Waals surface area contributed by atoms with Gasteiger partial charge in [0.1, 0.15) is 0 Å². The largest absolute Gasteiger partial charge is 0.399 e. The number of carbonyl (C=O) groups excluding carboxylic acids is 1. The lowest BCUT2D eigenvalue weighted by Crippen LogP contribution is -2.14. The summed E-state index contributed by atoms with van der Waals surface area (Å²) in [7, 11) is 0. The molecule has 0 fully saturated rings. The predicted octanol–water partition coefficient (Wildman–Crippen LogP) is 3.17. The maximum Gasteiger partial charge on any atom is 0.320 e. The molecule has 0 saturated carbocycles. The minimum Gasteiger partial charge on any atom is -0.399 e. The number of anilines is 3. The summed E-state index contributed by atoms with van der Waals surface area (Å²) in [6.45, 7) is 0. The van der Waals surface area contributed by atoms with Crippen LogP contribution in [0, 0.1) is 0 Å². The van der Waals surface area contributed by atoms with E-state index in [1.165, 1.54) is 18.3 Å². The molecule has 0 aliphatic carbocycles. The smallest absolute Gasteiger partial charge is 0.320 e. The highest BCUT2D eigenvalue weighted by Gasteiger charge is 2.16. The van der Waals surface area contributed by atoms with Crippen molar-refractivity contribution in [2.75, 3.05) is 10.6 Å². The molecule has 0 aliphatic heterocycles. The maximum atomic E-state index is 12.0. The molecule has 3 aromatic rings. The molecule has 2 heterocycles. The van der Waals surface area contributed by atoms with E-state index in [1.54, 1.807) is 18.2 Å². The molecule has 24 heavy (non-hydrogen) atoms. The lowest BCUT2D eigenvalue weighted by molar-refractivity contribution is 0.0991. The number of aromatic nitrogens is 3. The third kappa shape index (κ3) is 3.81. The Labute approximate surface area is 148 Å². The summed E-state index contributed by atoms with van der Waals surface area (Å²) in [4.78, 5) is 25.4. The van der Waals surface area contributed by atoms with Gasteiger partial charge in [0.25, 0.3) is 0 Å². The average molecular weight is 411 g/mol. The Hall–Kier alpha value is -2.65. The SMILES string of the molecule is O=C(Nc1ccc(=O)[nH]c1)c1nnc(Nc2ccc(Br)cc2Cl)o1. The van der Waals surface area contributed by atoms with Crippen LogP contribution in [0.2, 0.25) is 5.02 Å². The first-order valence-corrected chi connectivity index (χ1v) is 7.74. The number of rotatable bonds is 4. The first kappa shape index (κ1) is 16.2. The minimum atomic E-state index is -0.607. The van der Waals surface area contributed by atoms with Crippen molar-refractivity contribution in [2.24, 2.45) is 0 Å². The molecule has 0 aliphatic rings. The highest BCUT2D eigenvalue weighted by molar-refractivity contribution is 9.10. The monoisotopic (exact) mass is 409 g/mol. The second-order valence-electron chi connectivity index (χ2n) is 4.56. The lowest BCUT2D eigenvalue weighted by Gasteiger charge is -2.04. The van der Waals surface area contributed by atoms with Crippen molar-refractivity contribution < 1.29 is 9.21 Å². The number of carbonyl (C=O) groups is 1. The topological polar surface area (TPSA) is 113 Å². The van der Waals surface area contributed by atoms with Gasteiger partial charge in [-0.2, -0.15) is 0 Å². The number of aromatic amines is 1. The van der Waals surface area contributed by atoms with Gasteiger partial charge in [-0.25, -0.2) is 0 Å². The third-order valence-electron chi connectivity index (χ3n) is 2.83. The van der Waals surface area contributed by atoms with Crippen LogP contribution >= 0.6 is 27.5 Å². The number of H-pyrrole nitrogens is 1. The van der Waals surface area contributed by atoms with Crippen molar-refractivity contribution in [3.05, 3.63) is 62.3 Å². The van der Waals surface area contributed by atoms with Crippen LogP contribution in [-0.2, 0) is 0 Å². The van der Waals surface area contributed by atoms with E-state index in [4.69, 9.17) is 16.0 Å². The third-order valence-corrected chi connectivity index (χ3v) is 3.64. The lowest BCUT2D eigenvalue weighted by atomic mass is 10.3. The quantitative estimate of drug-likeness (QED) is 0.609. The van der Waals surface area contributed by atoms with Crippen LogP contribution in [0.15, 0.2) is 50.2 Å². The molecule has 10 heteroatoms. The van der Waals surface area contributed by atoms with Gasteiger partial charge in [-0.1, -0.05) is 32.6 Å². The van der Waals surface area contributed by atoms with E-state index in [9.17, 15) is 9.59 Å². The Balaban J connectivity index is 1.71. The van der Waals surface area contributed by atoms with Gasteiger partial charge in [0.2, 0.25) is 5.56 Å². The molecular formula is C14H9BrClN5O3. The van der Waals surface area contributed by atoms with E-state index in [-0.39, 0.29) is 17.5 Å². The molecule has 1 amide bonds. The van der Waals surface area contributed by atoms with Crippen LogP contribution in [-0.4, -0.2) is 21.1 Å². The van der Waals surface area contributed by atoms with Crippen LogP contribution in [0.3, 0.4) is 0 Å². The van der Waals surface area contributed by atoms with E-state index >= 15 is 0 Å². The first-order chi connectivity index (χ1) is 11.5. The number of benzene rings is 1. The molecule has 3 N–H and O–H groups in total. The summed E-state index contributed by atoms with van der Waals surface area (Å²) in [5, 5.41) is 13.2. The number of pyridine rings is 1. The van der Waals surface area contributed by atoms with Gasteiger partial charge in [0.05, 0.1) is 16.4 Å². The molecule has 0 atom stereocenters. The van der Waals surface area contributed by atoms with Gasteiger partial charge in [0, 0.05) is 16.7 Å². The summed E-state index contributed by atoms with van der Waals surface area (Å²) in [5.41, 5.74) is 0.669. The second-order valence-corrected chi connectivity index (χ2v) is 5.88. The summed E-state index contributed by atoms with van der Waals surface area (Å²) in [6.07, 6.45) is 1.36. The van der Waals surface area contributed by atoms with E-state index < -0.39 is 5.91 Å². The molecule has 8 nitrogen and oxygen atoms in total. The molecule has 122 valence electrons. The Morgan fingerprint density at radius 3 is 2.79 bits per heavy atom. The highest BCUT2D eigenvalue weighted by Crippen LogP contribution is 2.28. The van der Waals surface area contributed by atoms with Crippen molar-refractivity contribution in [3.63, 3.8) is 0 Å². The zero-order valence-corrected chi connectivity index (χ0v) is 14.2. The molecule has 1 aromatic carbocycles. The minimum absolute atomic E-state index is 0.0193. The summed E-state index contributed by atoms with van der Waals surface area (Å²) in [5.74, 6) is -0.846. The van der Waals surface area contributed by atoms with Crippen LogP contribution < -0.4 is 16.2 Å². The molecule has 0 unspecified atom stereocenters. The van der Waals surface area contributed by atoms with Gasteiger partial charge < -0.3 is 20.0 Å². The first-order valence-electron chi connectivity index (χ1n) is 6.57. The number of nitrogens with one attached hydrogen (secondary N) is 3. The fourth-order valence-electron chi connectivity index (χ4n) is 1.74. The summed E-state index contributed by atoms with van der Waals surface area (Å²) in [6, 6.07) is 7.96. The number of nitrogens with zero attached hydrogens (tertiary/aromatic N) is 2. The number of hydrogen-bond acceptors (Lipinski definition) is 6.